The molecule has 41 heavy (non-hydrogen) atoms. The summed E-state index contributed by atoms with van der Waals surface area (Å²) in [6.45, 7) is 7.22. The third-order valence-electron chi connectivity index (χ3n) is 7.93. The van der Waals surface area contributed by atoms with Crippen LogP contribution in [0, 0.1) is 13.8 Å². The summed E-state index contributed by atoms with van der Waals surface area (Å²) < 4.78 is 23.8. The third-order valence-corrected chi connectivity index (χ3v) is 7.93. The second-order valence-electron chi connectivity index (χ2n) is 10.6. The second-order valence-corrected chi connectivity index (χ2v) is 10.6. The van der Waals surface area contributed by atoms with E-state index < -0.39 is 5.85 Å². The quantitative estimate of drug-likeness (QED) is 0.164. The molecular weight excluding hydrogens is 508 g/mol. The lowest BCUT2D eigenvalue weighted by atomic mass is 10.1. The van der Waals surface area contributed by atoms with E-state index in [-0.39, 0.29) is 0 Å². The Morgan fingerprint density at radius 3 is 1.93 bits per heavy atom. The van der Waals surface area contributed by atoms with Gasteiger partial charge in [-0.1, -0.05) is 63.7 Å². The zero-order chi connectivity index (χ0) is 28.0. The van der Waals surface area contributed by atoms with Gasteiger partial charge in [-0.15, -0.1) is 0 Å². The molecule has 0 radical (unpaired) electrons. The zero-order valence-electron chi connectivity index (χ0n) is 23.5. The fourth-order valence-corrected chi connectivity index (χ4v) is 6.10. The van der Waals surface area contributed by atoms with Crippen LogP contribution in [0.1, 0.15) is 18.3 Å². The topological polar surface area (TPSA) is 35.5 Å². The molecular formula is C36H32N2O3+2. The predicted molar refractivity (Wildman–Crippen MR) is 160 cm³/mol. The van der Waals surface area contributed by atoms with Gasteiger partial charge in [0.2, 0.25) is 5.75 Å². The predicted octanol–water partition coefficient (Wildman–Crippen LogP) is 6.88. The van der Waals surface area contributed by atoms with Gasteiger partial charge in [-0.25, -0.2) is 0 Å². The molecule has 1 aliphatic heterocycles. The summed E-state index contributed by atoms with van der Waals surface area (Å²) in [5.74, 6) is 1.68. The number of rotatable bonds is 7. The summed E-state index contributed by atoms with van der Waals surface area (Å²) in [7, 11) is 0. The van der Waals surface area contributed by atoms with Crippen molar-refractivity contribution in [1.82, 2.24) is 0 Å². The molecule has 0 bridgehead atoms. The van der Waals surface area contributed by atoms with Crippen LogP contribution in [0.5, 0.6) is 17.2 Å². The molecule has 1 atom stereocenters. The van der Waals surface area contributed by atoms with E-state index in [9.17, 15) is 0 Å². The van der Waals surface area contributed by atoms with E-state index in [4.69, 9.17) is 14.2 Å². The molecule has 0 saturated carbocycles. The molecule has 6 aromatic rings. The van der Waals surface area contributed by atoms with E-state index in [2.05, 4.69) is 90.6 Å². The smallest absolute Gasteiger partial charge is 0.490 e. The molecule has 0 N–H and O–H groups in total. The number of aromatic nitrogens is 2. The number of ether oxygens (including phenoxy) is 3. The fraction of sp³-hybridized carbons (Fsp3) is 0.167. The Hall–Kier alpha value is -4.90. The molecule has 3 heterocycles. The fourth-order valence-electron chi connectivity index (χ4n) is 6.10. The molecule has 0 aliphatic carbocycles. The lowest BCUT2D eigenvalue weighted by molar-refractivity contribution is -1.00. The summed E-state index contributed by atoms with van der Waals surface area (Å²) in [5.41, 5.74) is 6.64. The number of fused-ring (bicyclic) bond motifs is 1. The van der Waals surface area contributed by atoms with Crippen LogP contribution in [0.3, 0.4) is 0 Å². The minimum atomic E-state index is -0.812. The van der Waals surface area contributed by atoms with Gasteiger partial charge in [0, 0.05) is 26.0 Å². The standard InChI is InChI=1S/C36H32N2O3/c1-25-15-17-29-11-7-13-32(40-24-23-39-31-21-19-28(20-22-31)27-9-5-4-6-10-27)34(29)37(25)36(3)38-26(2)16-18-30-12-8-14-33(41-36)35(30)38/h4-22H,23-24H2,1-3H3/q+2. The molecule has 5 heteroatoms. The largest absolute Gasteiger partial charge is 0.523 e. The first-order valence-corrected chi connectivity index (χ1v) is 14.0. The summed E-state index contributed by atoms with van der Waals surface area (Å²) in [5, 5.41) is 2.23. The summed E-state index contributed by atoms with van der Waals surface area (Å²) in [6.07, 6.45) is 0. The van der Waals surface area contributed by atoms with Gasteiger partial charge in [0.1, 0.15) is 25.9 Å². The Bertz CT molecular complexity index is 1900. The van der Waals surface area contributed by atoms with Crippen molar-refractivity contribution in [2.75, 3.05) is 13.2 Å². The molecule has 4 aromatic carbocycles. The highest BCUT2D eigenvalue weighted by Gasteiger charge is 2.58. The van der Waals surface area contributed by atoms with Crippen LogP contribution < -0.4 is 23.3 Å². The van der Waals surface area contributed by atoms with Crippen LogP contribution in [0.15, 0.2) is 115 Å². The normalized spacial score (nSPS) is 15.7. The van der Waals surface area contributed by atoms with Crippen LogP contribution in [0.25, 0.3) is 32.9 Å². The number of hydrogen-bond acceptors (Lipinski definition) is 3. The lowest BCUT2D eigenvalue weighted by Crippen LogP contribution is -2.75. The van der Waals surface area contributed by atoms with Gasteiger partial charge in [0.15, 0.2) is 17.1 Å². The Morgan fingerprint density at radius 2 is 1.20 bits per heavy atom. The van der Waals surface area contributed by atoms with Crippen molar-refractivity contribution in [3.63, 3.8) is 0 Å². The van der Waals surface area contributed by atoms with Gasteiger partial charge in [-0.3, -0.25) is 0 Å². The Balaban J connectivity index is 1.18. The van der Waals surface area contributed by atoms with Gasteiger partial charge < -0.3 is 14.2 Å². The highest BCUT2D eigenvalue weighted by atomic mass is 16.5. The van der Waals surface area contributed by atoms with E-state index in [1.807, 2.05) is 54.6 Å². The van der Waals surface area contributed by atoms with Crippen LogP contribution in [-0.4, -0.2) is 13.2 Å². The number of pyridine rings is 2. The van der Waals surface area contributed by atoms with E-state index in [1.54, 1.807) is 0 Å². The van der Waals surface area contributed by atoms with Crippen molar-refractivity contribution >= 4 is 21.8 Å². The van der Waals surface area contributed by atoms with Crippen molar-refractivity contribution < 1.29 is 23.3 Å². The first kappa shape index (κ1) is 25.1. The highest BCUT2D eigenvalue weighted by molar-refractivity contribution is 5.83. The maximum Gasteiger partial charge on any atom is 0.523 e. The van der Waals surface area contributed by atoms with E-state index in [0.717, 1.165) is 50.4 Å². The second kappa shape index (κ2) is 9.93. The molecule has 2 aromatic heterocycles. The van der Waals surface area contributed by atoms with Crippen molar-refractivity contribution in [3.8, 4) is 28.4 Å². The minimum absolute atomic E-state index is 0.410. The van der Waals surface area contributed by atoms with Crippen LogP contribution in [0.2, 0.25) is 0 Å². The van der Waals surface area contributed by atoms with E-state index in [0.29, 0.717) is 13.2 Å². The molecule has 1 unspecified atom stereocenters. The van der Waals surface area contributed by atoms with Crippen molar-refractivity contribution in [3.05, 3.63) is 127 Å². The van der Waals surface area contributed by atoms with E-state index in [1.165, 1.54) is 11.1 Å². The number of aryl methyl sites for hydroxylation is 2. The Kier molecular flexibility index (Phi) is 6.08. The number of benzene rings is 4. The van der Waals surface area contributed by atoms with Gasteiger partial charge in [-0.2, -0.15) is 0 Å². The zero-order valence-corrected chi connectivity index (χ0v) is 23.5. The summed E-state index contributed by atoms with van der Waals surface area (Å²) in [4.78, 5) is 0. The SMILES string of the molecule is Cc1ccc2cccc(OCCOc3ccc(-c4ccccc4)cc3)c2[n+]1C1(C)Oc2cccc3ccc(C)[n+]1c23. The van der Waals surface area contributed by atoms with Gasteiger partial charge in [-0.05, 0) is 59.7 Å². The molecule has 0 fully saturated rings. The average molecular weight is 541 g/mol. The minimum Gasteiger partial charge on any atom is -0.490 e. The Morgan fingerprint density at radius 1 is 0.585 bits per heavy atom. The number of para-hydroxylation sites is 2. The van der Waals surface area contributed by atoms with Gasteiger partial charge in [0.05, 0.1) is 10.8 Å². The van der Waals surface area contributed by atoms with E-state index >= 15 is 0 Å². The molecule has 0 amide bonds. The number of hydrogen-bond donors (Lipinski definition) is 0. The Labute approximate surface area is 239 Å². The van der Waals surface area contributed by atoms with Crippen molar-refractivity contribution in [1.29, 1.82) is 0 Å². The van der Waals surface area contributed by atoms with Crippen LogP contribution >= 0.6 is 0 Å². The number of nitrogens with zero attached hydrogens (tertiary/aromatic N) is 2. The monoisotopic (exact) mass is 540 g/mol. The van der Waals surface area contributed by atoms with Gasteiger partial charge >= 0.3 is 5.85 Å². The van der Waals surface area contributed by atoms with Gasteiger partial charge in [0.25, 0.3) is 11.0 Å². The van der Waals surface area contributed by atoms with Crippen molar-refractivity contribution in [2.45, 2.75) is 26.6 Å². The average Bonchev–Trinajstić information content (AvgIpc) is 3.32. The molecule has 7 rings (SSSR count). The van der Waals surface area contributed by atoms with Crippen LogP contribution in [0.4, 0.5) is 0 Å². The summed E-state index contributed by atoms with van der Waals surface area (Å²) in [6, 6.07) is 39.5. The maximum absolute atomic E-state index is 6.79. The first-order chi connectivity index (χ1) is 20.0. The molecule has 1 aliphatic rings. The van der Waals surface area contributed by atoms with Crippen LogP contribution in [-0.2, 0) is 5.85 Å². The molecule has 0 saturated heterocycles. The highest BCUT2D eigenvalue weighted by Crippen LogP contribution is 2.35. The summed E-state index contributed by atoms with van der Waals surface area (Å²) >= 11 is 0. The molecule has 0 spiro atoms. The third kappa shape index (κ3) is 4.25. The van der Waals surface area contributed by atoms with Crippen molar-refractivity contribution in [2.24, 2.45) is 0 Å². The first-order valence-electron chi connectivity index (χ1n) is 14.0. The molecule has 202 valence electrons. The lowest BCUT2D eigenvalue weighted by Gasteiger charge is -2.19. The molecule has 5 nitrogen and oxygen atoms in total. The maximum atomic E-state index is 6.79.